The first kappa shape index (κ1) is 19.5. The molecule has 2 rings (SSSR count). The predicted molar refractivity (Wildman–Crippen MR) is 88.6 cm³/mol. The first-order valence-electron chi connectivity index (χ1n) is 7.55. The highest BCUT2D eigenvalue weighted by Gasteiger charge is 2.23. The van der Waals surface area contributed by atoms with E-state index in [0.29, 0.717) is 6.54 Å². The van der Waals surface area contributed by atoms with Gasteiger partial charge in [0.1, 0.15) is 10.0 Å². The van der Waals surface area contributed by atoms with Crippen LogP contribution in [0.4, 0.5) is 0 Å². The molecule has 1 unspecified atom stereocenters. The van der Waals surface area contributed by atoms with Crippen LogP contribution in [-0.2, 0) is 16.0 Å². The van der Waals surface area contributed by atoms with E-state index in [1.165, 1.54) is 0 Å². The fourth-order valence-corrected chi connectivity index (χ4v) is 2.96. The SMILES string of the molecule is Cc1nnc(CCNC(=O)C(C)N2CCN(C)CC2)s1.O=CO. The van der Waals surface area contributed by atoms with Crippen molar-refractivity contribution >= 4 is 23.7 Å². The molecule has 0 aliphatic carbocycles. The van der Waals surface area contributed by atoms with Gasteiger partial charge < -0.3 is 15.3 Å². The highest BCUT2D eigenvalue weighted by atomic mass is 32.1. The maximum Gasteiger partial charge on any atom is 0.290 e. The van der Waals surface area contributed by atoms with Gasteiger partial charge in [-0.2, -0.15) is 0 Å². The Labute approximate surface area is 140 Å². The maximum absolute atomic E-state index is 12.1. The van der Waals surface area contributed by atoms with Crippen LogP contribution in [-0.4, -0.2) is 83.3 Å². The summed E-state index contributed by atoms with van der Waals surface area (Å²) in [5, 5.41) is 19.9. The van der Waals surface area contributed by atoms with Crippen molar-refractivity contribution in [3.05, 3.63) is 10.0 Å². The Kier molecular flexibility index (Phi) is 8.67. The smallest absolute Gasteiger partial charge is 0.290 e. The predicted octanol–water partition coefficient (Wildman–Crippen LogP) is -0.158. The van der Waals surface area contributed by atoms with E-state index in [1.54, 1.807) is 11.3 Å². The molecule has 130 valence electrons. The van der Waals surface area contributed by atoms with Crippen LogP contribution < -0.4 is 5.32 Å². The third-order valence-electron chi connectivity index (χ3n) is 3.67. The monoisotopic (exact) mass is 343 g/mol. The highest BCUT2D eigenvalue weighted by molar-refractivity contribution is 7.11. The normalized spacial score (nSPS) is 17.0. The summed E-state index contributed by atoms with van der Waals surface area (Å²) >= 11 is 1.59. The number of carbonyl (C=O) groups excluding carboxylic acids is 1. The zero-order valence-corrected chi connectivity index (χ0v) is 14.7. The number of nitrogens with one attached hydrogen (secondary N) is 1. The lowest BCUT2D eigenvalue weighted by molar-refractivity contribution is -0.126. The molecule has 1 aromatic heterocycles. The summed E-state index contributed by atoms with van der Waals surface area (Å²) in [5.41, 5.74) is 0. The lowest BCUT2D eigenvalue weighted by Crippen LogP contribution is -2.53. The van der Waals surface area contributed by atoms with Gasteiger partial charge in [-0.15, -0.1) is 21.5 Å². The van der Waals surface area contributed by atoms with Crippen molar-refractivity contribution in [3.63, 3.8) is 0 Å². The first-order valence-corrected chi connectivity index (χ1v) is 8.36. The third kappa shape index (κ3) is 7.02. The standard InChI is InChI=1S/C13H23N5OS.CH2O2/c1-10(18-8-6-17(3)7-9-18)13(19)14-5-4-12-16-15-11(2)20-12;2-1-3/h10H,4-9H2,1-3H3,(H,14,19);1H,(H,2,3). The van der Waals surface area contributed by atoms with Gasteiger partial charge in [0.2, 0.25) is 5.91 Å². The van der Waals surface area contributed by atoms with Gasteiger partial charge in [0.15, 0.2) is 0 Å². The third-order valence-corrected chi connectivity index (χ3v) is 4.57. The van der Waals surface area contributed by atoms with E-state index in [4.69, 9.17) is 9.90 Å². The molecule has 1 aliphatic rings. The van der Waals surface area contributed by atoms with E-state index in [-0.39, 0.29) is 18.4 Å². The van der Waals surface area contributed by atoms with Crippen molar-refractivity contribution in [1.29, 1.82) is 0 Å². The van der Waals surface area contributed by atoms with Gasteiger partial charge in [0.05, 0.1) is 6.04 Å². The summed E-state index contributed by atoms with van der Waals surface area (Å²) in [6, 6.07) is -0.0557. The van der Waals surface area contributed by atoms with Gasteiger partial charge in [0.25, 0.3) is 6.47 Å². The number of nitrogens with zero attached hydrogens (tertiary/aromatic N) is 4. The fraction of sp³-hybridized carbons (Fsp3) is 0.714. The Hall–Kier alpha value is -1.58. The van der Waals surface area contributed by atoms with Crippen LogP contribution in [0.3, 0.4) is 0 Å². The van der Waals surface area contributed by atoms with Crippen molar-refractivity contribution in [1.82, 2.24) is 25.3 Å². The minimum absolute atomic E-state index is 0.0557. The summed E-state index contributed by atoms with van der Waals surface area (Å²) in [5.74, 6) is 0.107. The van der Waals surface area contributed by atoms with Crippen LogP contribution in [0, 0.1) is 6.92 Å². The van der Waals surface area contributed by atoms with Crippen molar-refractivity contribution in [2.24, 2.45) is 0 Å². The number of rotatable bonds is 5. The molecule has 1 saturated heterocycles. The molecule has 2 heterocycles. The van der Waals surface area contributed by atoms with Crippen LogP contribution in [0.2, 0.25) is 0 Å². The zero-order chi connectivity index (χ0) is 17.2. The largest absolute Gasteiger partial charge is 0.483 e. The molecule has 9 heteroatoms. The fourth-order valence-electron chi connectivity index (χ4n) is 2.25. The molecule has 1 atom stereocenters. The first-order chi connectivity index (χ1) is 11.0. The molecule has 0 saturated carbocycles. The van der Waals surface area contributed by atoms with Gasteiger partial charge in [-0.1, -0.05) is 0 Å². The molecular formula is C14H25N5O3S. The van der Waals surface area contributed by atoms with Gasteiger partial charge >= 0.3 is 0 Å². The summed E-state index contributed by atoms with van der Waals surface area (Å²) in [7, 11) is 2.12. The molecule has 8 nitrogen and oxygen atoms in total. The molecule has 0 radical (unpaired) electrons. The minimum Gasteiger partial charge on any atom is -0.483 e. The molecule has 1 aromatic rings. The summed E-state index contributed by atoms with van der Waals surface area (Å²) in [6.07, 6.45) is 0.757. The molecule has 1 fully saturated rings. The molecule has 0 bridgehead atoms. The van der Waals surface area contributed by atoms with Crippen LogP contribution in [0.5, 0.6) is 0 Å². The molecule has 2 N–H and O–H groups in total. The number of hydrogen-bond acceptors (Lipinski definition) is 7. The second-order valence-electron chi connectivity index (χ2n) is 5.38. The van der Waals surface area contributed by atoms with Crippen molar-refractivity contribution < 1.29 is 14.7 Å². The van der Waals surface area contributed by atoms with E-state index in [0.717, 1.165) is 42.6 Å². The number of aryl methyl sites for hydroxylation is 1. The quantitative estimate of drug-likeness (QED) is 0.717. The summed E-state index contributed by atoms with van der Waals surface area (Å²) in [6.45, 7) is 8.28. The van der Waals surface area contributed by atoms with Gasteiger partial charge in [0, 0.05) is 39.1 Å². The Morgan fingerprint density at radius 1 is 1.39 bits per heavy atom. The second kappa shape index (κ2) is 10.2. The number of hydrogen-bond donors (Lipinski definition) is 2. The molecule has 0 aromatic carbocycles. The van der Waals surface area contributed by atoms with E-state index in [2.05, 4.69) is 32.4 Å². The number of amides is 1. The Morgan fingerprint density at radius 3 is 2.52 bits per heavy atom. The molecule has 1 aliphatic heterocycles. The average molecular weight is 343 g/mol. The molecule has 1 amide bonds. The topological polar surface area (TPSA) is 98.7 Å². The number of piperazine rings is 1. The highest BCUT2D eigenvalue weighted by Crippen LogP contribution is 2.08. The van der Waals surface area contributed by atoms with Crippen LogP contribution in [0.15, 0.2) is 0 Å². The van der Waals surface area contributed by atoms with Gasteiger partial charge in [-0.25, -0.2) is 0 Å². The summed E-state index contributed by atoms with van der Waals surface area (Å²) in [4.78, 5) is 25.0. The lowest BCUT2D eigenvalue weighted by atomic mass is 10.2. The average Bonchev–Trinajstić information content (AvgIpc) is 2.93. The van der Waals surface area contributed by atoms with Crippen molar-refractivity contribution in [2.75, 3.05) is 39.8 Å². The maximum atomic E-state index is 12.1. The van der Waals surface area contributed by atoms with Gasteiger partial charge in [-0.05, 0) is 20.9 Å². The molecule has 23 heavy (non-hydrogen) atoms. The Morgan fingerprint density at radius 2 is 2.00 bits per heavy atom. The number of carboxylic acid groups (broad SMARTS) is 1. The minimum atomic E-state index is -0.250. The zero-order valence-electron chi connectivity index (χ0n) is 13.9. The lowest BCUT2D eigenvalue weighted by Gasteiger charge is -2.35. The van der Waals surface area contributed by atoms with E-state index >= 15 is 0 Å². The van der Waals surface area contributed by atoms with Crippen molar-refractivity contribution in [2.45, 2.75) is 26.3 Å². The van der Waals surface area contributed by atoms with Crippen LogP contribution in [0.25, 0.3) is 0 Å². The Bertz CT molecular complexity index is 489. The number of likely N-dealkylation sites (N-methyl/N-ethyl adjacent to an activating group) is 1. The van der Waals surface area contributed by atoms with E-state index in [9.17, 15) is 4.79 Å². The van der Waals surface area contributed by atoms with Gasteiger partial charge in [-0.3, -0.25) is 14.5 Å². The van der Waals surface area contributed by atoms with Crippen molar-refractivity contribution in [3.8, 4) is 0 Å². The Balaban J connectivity index is 0.000000816. The molecular weight excluding hydrogens is 318 g/mol. The number of aromatic nitrogens is 2. The van der Waals surface area contributed by atoms with Crippen LogP contribution in [0.1, 0.15) is 16.9 Å². The van der Waals surface area contributed by atoms with Crippen LogP contribution >= 0.6 is 11.3 Å². The second-order valence-corrected chi connectivity index (χ2v) is 6.64. The van der Waals surface area contributed by atoms with E-state index in [1.807, 2.05) is 13.8 Å². The summed E-state index contributed by atoms with van der Waals surface area (Å²) < 4.78 is 0. The molecule has 0 spiro atoms. The van der Waals surface area contributed by atoms with E-state index < -0.39 is 0 Å². The number of carbonyl (C=O) groups is 2.